The van der Waals surface area contributed by atoms with Crippen molar-refractivity contribution in [1.29, 1.82) is 0 Å². The molecule has 136 valence electrons. The van der Waals surface area contributed by atoms with Crippen LogP contribution in [0.4, 0.5) is 0 Å². The molecule has 25 heavy (non-hydrogen) atoms. The third kappa shape index (κ3) is 5.86. The minimum atomic E-state index is -0.993. The largest absolute Gasteiger partial charge is 0.481 e. The minimum absolute atomic E-state index is 0.143. The number of esters is 1. The van der Waals surface area contributed by atoms with Gasteiger partial charge in [0.25, 0.3) is 0 Å². The first-order valence-electron chi connectivity index (χ1n) is 8.47. The molecule has 0 aliphatic carbocycles. The lowest BCUT2D eigenvalue weighted by Crippen LogP contribution is -2.50. The molecule has 7 nitrogen and oxygen atoms in total. The van der Waals surface area contributed by atoms with Crippen molar-refractivity contribution in [2.24, 2.45) is 0 Å². The van der Waals surface area contributed by atoms with Gasteiger partial charge in [0, 0.05) is 12.5 Å². The summed E-state index contributed by atoms with van der Waals surface area (Å²) in [5, 5.41) is 14.8. The van der Waals surface area contributed by atoms with Crippen molar-refractivity contribution in [2.45, 2.75) is 50.7 Å². The highest BCUT2D eigenvalue weighted by molar-refractivity contribution is 5.82. The second-order valence-corrected chi connectivity index (χ2v) is 6.16. The fourth-order valence-electron chi connectivity index (χ4n) is 2.89. The first kappa shape index (κ1) is 18.9. The molecule has 0 bridgehead atoms. The van der Waals surface area contributed by atoms with Gasteiger partial charge in [-0.05, 0) is 18.4 Å². The third-order valence-corrected chi connectivity index (χ3v) is 4.06. The van der Waals surface area contributed by atoms with E-state index in [-0.39, 0.29) is 24.7 Å². The average Bonchev–Trinajstić information content (AvgIpc) is 2.91. The molecule has 1 aliphatic heterocycles. The van der Waals surface area contributed by atoms with Crippen LogP contribution in [0.15, 0.2) is 30.3 Å². The lowest BCUT2D eigenvalue weighted by Gasteiger charge is -2.24. The second-order valence-electron chi connectivity index (χ2n) is 6.16. The van der Waals surface area contributed by atoms with Crippen molar-refractivity contribution in [1.82, 2.24) is 10.6 Å². The molecule has 1 fully saturated rings. The van der Waals surface area contributed by atoms with Crippen LogP contribution < -0.4 is 10.6 Å². The monoisotopic (exact) mass is 348 g/mol. The molecule has 1 aliphatic rings. The molecule has 0 aromatic heterocycles. The lowest BCUT2D eigenvalue weighted by atomic mass is 10.0. The van der Waals surface area contributed by atoms with Gasteiger partial charge < -0.3 is 15.2 Å². The summed E-state index contributed by atoms with van der Waals surface area (Å²) in [5.74, 6) is -1.60. The van der Waals surface area contributed by atoms with Gasteiger partial charge in [0.1, 0.15) is 6.04 Å². The lowest BCUT2D eigenvalue weighted by molar-refractivity contribution is -0.146. The van der Waals surface area contributed by atoms with E-state index >= 15 is 0 Å². The molecular weight excluding hydrogens is 324 g/mol. The highest BCUT2D eigenvalue weighted by atomic mass is 16.5. The molecule has 0 saturated carbocycles. The van der Waals surface area contributed by atoms with Gasteiger partial charge in [0.05, 0.1) is 19.1 Å². The number of carbonyl (C=O) groups is 3. The zero-order valence-corrected chi connectivity index (χ0v) is 14.2. The normalized spacial score (nSPS) is 20.8. The summed E-state index contributed by atoms with van der Waals surface area (Å²) in [4.78, 5) is 35.1. The van der Waals surface area contributed by atoms with Crippen LogP contribution in [0.25, 0.3) is 0 Å². The second kappa shape index (κ2) is 9.17. The number of hydrogen-bond acceptors (Lipinski definition) is 5. The summed E-state index contributed by atoms with van der Waals surface area (Å²) in [6.07, 6.45) is 1.08. The zero-order valence-electron chi connectivity index (χ0n) is 14.2. The summed E-state index contributed by atoms with van der Waals surface area (Å²) in [6, 6.07) is 7.89. The van der Waals surface area contributed by atoms with Crippen LogP contribution in [0.3, 0.4) is 0 Å². The number of carboxylic acid groups (broad SMARTS) is 1. The number of aliphatic carboxylic acids is 1. The Kier molecular flexibility index (Phi) is 6.94. The summed E-state index contributed by atoms with van der Waals surface area (Å²) >= 11 is 0. The van der Waals surface area contributed by atoms with E-state index in [0.29, 0.717) is 13.0 Å². The maximum absolute atomic E-state index is 12.4. The number of benzene rings is 1. The van der Waals surface area contributed by atoms with Gasteiger partial charge in [-0.1, -0.05) is 37.3 Å². The maximum atomic E-state index is 12.4. The van der Waals surface area contributed by atoms with E-state index in [4.69, 9.17) is 9.84 Å². The van der Waals surface area contributed by atoms with Crippen molar-refractivity contribution in [3.05, 3.63) is 35.9 Å². The van der Waals surface area contributed by atoms with Crippen LogP contribution in [-0.2, 0) is 25.5 Å². The number of ether oxygens (including phenoxy) is 1. The Labute approximate surface area is 146 Å². The number of carboxylic acids is 1. The number of rotatable bonds is 9. The maximum Gasteiger partial charge on any atom is 0.323 e. The van der Waals surface area contributed by atoms with Gasteiger partial charge in [0.15, 0.2) is 0 Å². The number of amides is 1. The molecule has 1 heterocycles. The van der Waals surface area contributed by atoms with E-state index in [1.54, 1.807) is 0 Å². The van der Waals surface area contributed by atoms with Gasteiger partial charge in [-0.3, -0.25) is 19.7 Å². The molecule has 3 N–H and O–H groups in total. The predicted molar refractivity (Wildman–Crippen MR) is 90.9 cm³/mol. The number of hydrogen-bond donors (Lipinski definition) is 3. The van der Waals surface area contributed by atoms with Gasteiger partial charge >= 0.3 is 11.9 Å². The Morgan fingerprint density at radius 2 is 2.08 bits per heavy atom. The van der Waals surface area contributed by atoms with Crippen LogP contribution in [0.5, 0.6) is 0 Å². The van der Waals surface area contributed by atoms with Crippen LogP contribution in [-0.4, -0.2) is 47.7 Å². The van der Waals surface area contributed by atoms with Crippen molar-refractivity contribution < 1.29 is 24.2 Å². The fourth-order valence-corrected chi connectivity index (χ4v) is 2.89. The summed E-state index contributed by atoms with van der Waals surface area (Å²) in [5.41, 5.74) is 0.959. The van der Waals surface area contributed by atoms with E-state index in [1.165, 1.54) is 0 Å². The zero-order chi connectivity index (χ0) is 18.2. The molecule has 3 atom stereocenters. The van der Waals surface area contributed by atoms with Crippen molar-refractivity contribution in [3.63, 3.8) is 0 Å². The topological polar surface area (TPSA) is 105 Å². The Bertz CT molecular complexity index is 605. The molecule has 1 amide bonds. The number of carbonyl (C=O) groups excluding carboxylic acids is 2. The first-order chi connectivity index (χ1) is 12.0. The molecular formula is C18H24N2O5. The van der Waals surface area contributed by atoms with Crippen LogP contribution in [0.1, 0.15) is 31.7 Å². The van der Waals surface area contributed by atoms with Crippen molar-refractivity contribution in [2.75, 3.05) is 6.61 Å². The van der Waals surface area contributed by atoms with E-state index in [0.717, 1.165) is 12.0 Å². The van der Waals surface area contributed by atoms with Gasteiger partial charge in [-0.2, -0.15) is 0 Å². The average molecular weight is 348 g/mol. The van der Waals surface area contributed by atoms with Gasteiger partial charge in [0.2, 0.25) is 5.91 Å². The van der Waals surface area contributed by atoms with Crippen LogP contribution in [0.2, 0.25) is 0 Å². The molecule has 1 aromatic carbocycles. The van der Waals surface area contributed by atoms with Crippen molar-refractivity contribution >= 4 is 17.8 Å². The van der Waals surface area contributed by atoms with Crippen LogP contribution in [0, 0.1) is 0 Å². The standard InChI is InChI=1S/C18H24N2O5/c1-2-8-25-18(24)15(9-12-6-4-3-5-7-12)19-13-10-16(21)20-14(13)11-17(22)23/h3-7,13-15,19H,2,8-11H2,1H3,(H,20,21)(H,22,23)/t13-,14-,15-/m0/s1. The highest BCUT2D eigenvalue weighted by Gasteiger charge is 2.36. The minimum Gasteiger partial charge on any atom is -0.481 e. The van der Waals surface area contributed by atoms with E-state index < -0.39 is 24.1 Å². The molecule has 7 heteroatoms. The number of nitrogens with one attached hydrogen (secondary N) is 2. The van der Waals surface area contributed by atoms with Crippen LogP contribution >= 0.6 is 0 Å². The summed E-state index contributed by atoms with van der Waals surface area (Å²) in [6.45, 7) is 2.24. The smallest absolute Gasteiger partial charge is 0.323 e. The predicted octanol–water partition coefficient (Wildman–Crippen LogP) is 0.872. The highest BCUT2D eigenvalue weighted by Crippen LogP contribution is 2.15. The SMILES string of the molecule is CCCOC(=O)[C@H](Cc1ccccc1)N[C@H]1CC(=O)N[C@H]1CC(=O)O. The van der Waals surface area contributed by atoms with E-state index in [9.17, 15) is 14.4 Å². The Hall–Kier alpha value is -2.41. The molecule has 1 saturated heterocycles. The Morgan fingerprint density at radius 1 is 1.36 bits per heavy atom. The first-order valence-corrected chi connectivity index (χ1v) is 8.47. The summed E-state index contributed by atoms with van der Waals surface area (Å²) < 4.78 is 5.26. The van der Waals surface area contributed by atoms with E-state index in [2.05, 4.69) is 10.6 Å². The third-order valence-electron chi connectivity index (χ3n) is 4.06. The van der Waals surface area contributed by atoms with Crippen molar-refractivity contribution in [3.8, 4) is 0 Å². The van der Waals surface area contributed by atoms with Gasteiger partial charge in [-0.25, -0.2) is 0 Å². The molecule has 2 rings (SSSR count). The molecule has 1 aromatic rings. The Morgan fingerprint density at radius 3 is 2.72 bits per heavy atom. The summed E-state index contributed by atoms with van der Waals surface area (Å²) in [7, 11) is 0. The molecule has 0 spiro atoms. The van der Waals surface area contributed by atoms with E-state index in [1.807, 2.05) is 37.3 Å². The Balaban J connectivity index is 2.09. The molecule has 0 radical (unpaired) electrons. The van der Waals surface area contributed by atoms with Gasteiger partial charge in [-0.15, -0.1) is 0 Å². The quantitative estimate of drug-likeness (QED) is 0.572. The fraction of sp³-hybridized carbons (Fsp3) is 0.500. The molecule has 0 unspecified atom stereocenters.